The second kappa shape index (κ2) is 5.90. The van der Waals surface area contributed by atoms with E-state index in [0.29, 0.717) is 10.7 Å². The summed E-state index contributed by atoms with van der Waals surface area (Å²) in [5.74, 6) is 0.0334. The summed E-state index contributed by atoms with van der Waals surface area (Å²) >= 11 is 6.03. The molecule has 0 spiro atoms. The van der Waals surface area contributed by atoms with Crippen molar-refractivity contribution < 1.29 is 4.79 Å². The summed E-state index contributed by atoms with van der Waals surface area (Å²) < 4.78 is 0. The first-order chi connectivity index (χ1) is 10.2. The van der Waals surface area contributed by atoms with Crippen molar-refractivity contribution in [2.24, 2.45) is 0 Å². The molecule has 1 amide bonds. The first-order valence-corrected chi connectivity index (χ1v) is 7.67. The number of rotatable bonds is 3. The van der Waals surface area contributed by atoms with Gasteiger partial charge >= 0.3 is 0 Å². The highest BCUT2D eigenvalue weighted by atomic mass is 35.5. The Balaban J connectivity index is 1.89. The molecule has 0 bridgehead atoms. The van der Waals surface area contributed by atoms with Crippen LogP contribution in [-0.2, 0) is 6.42 Å². The van der Waals surface area contributed by atoms with E-state index in [0.717, 1.165) is 37.2 Å². The van der Waals surface area contributed by atoms with Gasteiger partial charge in [-0.05, 0) is 43.5 Å². The number of halogens is 1. The van der Waals surface area contributed by atoms with Gasteiger partial charge in [-0.25, -0.2) is 4.98 Å². The molecule has 3 rings (SSSR count). The highest BCUT2D eigenvalue weighted by molar-refractivity contribution is 6.29. The highest BCUT2D eigenvalue weighted by Crippen LogP contribution is 2.32. The van der Waals surface area contributed by atoms with Gasteiger partial charge in [0, 0.05) is 29.7 Å². The van der Waals surface area contributed by atoms with Crippen LogP contribution in [0, 0.1) is 0 Å². The third-order valence-electron chi connectivity index (χ3n) is 3.95. The molecular weight excluding hydrogens is 286 g/mol. The van der Waals surface area contributed by atoms with Crippen LogP contribution in [-0.4, -0.2) is 27.3 Å². The fourth-order valence-corrected chi connectivity index (χ4v) is 3.13. The van der Waals surface area contributed by atoms with E-state index in [-0.39, 0.29) is 11.9 Å². The average molecular weight is 304 g/mol. The lowest BCUT2D eigenvalue weighted by molar-refractivity contribution is 0.0733. The molecule has 110 valence electrons. The summed E-state index contributed by atoms with van der Waals surface area (Å²) in [6.45, 7) is 2.79. The summed E-state index contributed by atoms with van der Waals surface area (Å²) in [5, 5.41) is 0.383. The first kappa shape index (κ1) is 14.1. The quantitative estimate of drug-likeness (QED) is 0.881. The van der Waals surface area contributed by atoms with Crippen LogP contribution in [0.5, 0.6) is 0 Å². The Bertz CT molecular complexity index is 639. The standard InChI is InChI=1S/C16H18ClN3O/c1-2-12-9-11(10-15(17)19-12)16(21)20-8-4-6-14(20)13-5-3-7-18-13/h3,5,7,9-10,14,18H,2,4,6,8H2,1H3. The van der Waals surface area contributed by atoms with Gasteiger partial charge < -0.3 is 9.88 Å². The largest absolute Gasteiger partial charge is 0.363 e. The van der Waals surface area contributed by atoms with Crippen molar-refractivity contribution in [2.45, 2.75) is 32.2 Å². The minimum absolute atomic E-state index is 0.0334. The van der Waals surface area contributed by atoms with Crippen molar-refractivity contribution >= 4 is 17.5 Å². The normalized spacial score (nSPS) is 18.2. The summed E-state index contributed by atoms with van der Waals surface area (Å²) in [6, 6.07) is 7.64. The van der Waals surface area contributed by atoms with E-state index in [9.17, 15) is 4.79 Å². The van der Waals surface area contributed by atoms with Gasteiger partial charge in [-0.1, -0.05) is 18.5 Å². The number of pyridine rings is 1. The monoisotopic (exact) mass is 303 g/mol. The fourth-order valence-electron chi connectivity index (χ4n) is 2.91. The van der Waals surface area contributed by atoms with Gasteiger partial charge in [0.25, 0.3) is 5.91 Å². The summed E-state index contributed by atoms with van der Waals surface area (Å²) in [5.41, 5.74) is 2.57. The van der Waals surface area contributed by atoms with Gasteiger partial charge in [-0.3, -0.25) is 4.79 Å². The van der Waals surface area contributed by atoms with Gasteiger partial charge in [0.1, 0.15) is 5.15 Å². The number of nitrogens with one attached hydrogen (secondary N) is 1. The van der Waals surface area contributed by atoms with Crippen molar-refractivity contribution in [3.05, 3.63) is 52.6 Å². The number of aromatic nitrogens is 2. The van der Waals surface area contributed by atoms with Crippen LogP contribution in [0.1, 0.15) is 47.6 Å². The minimum atomic E-state index is 0.0334. The third-order valence-corrected chi connectivity index (χ3v) is 4.14. The second-order valence-corrected chi connectivity index (χ2v) is 5.69. The molecule has 0 radical (unpaired) electrons. The zero-order valence-electron chi connectivity index (χ0n) is 12.0. The van der Waals surface area contributed by atoms with E-state index in [1.165, 1.54) is 0 Å². The molecule has 2 aromatic heterocycles. The molecule has 3 heterocycles. The lowest BCUT2D eigenvalue weighted by atomic mass is 10.1. The van der Waals surface area contributed by atoms with E-state index in [1.807, 2.05) is 36.2 Å². The molecule has 0 saturated carbocycles. The Morgan fingerprint density at radius 1 is 1.52 bits per heavy atom. The predicted octanol–water partition coefficient (Wildman–Crippen LogP) is 3.60. The Morgan fingerprint density at radius 2 is 2.38 bits per heavy atom. The lowest BCUT2D eigenvalue weighted by Gasteiger charge is -2.24. The summed E-state index contributed by atoms with van der Waals surface area (Å²) in [7, 11) is 0. The Morgan fingerprint density at radius 3 is 3.10 bits per heavy atom. The highest BCUT2D eigenvalue weighted by Gasteiger charge is 2.31. The predicted molar refractivity (Wildman–Crippen MR) is 82.4 cm³/mol. The molecule has 1 fully saturated rings. The van der Waals surface area contributed by atoms with Crippen LogP contribution in [0.15, 0.2) is 30.5 Å². The van der Waals surface area contributed by atoms with Crippen molar-refractivity contribution in [2.75, 3.05) is 6.54 Å². The number of H-pyrrole nitrogens is 1. The number of aryl methyl sites for hydroxylation is 1. The summed E-state index contributed by atoms with van der Waals surface area (Å²) in [6.07, 6.45) is 4.68. The van der Waals surface area contributed by atoms with E-state index >= 15 is 0 Å². The van der Waals surface area contributed by atoms with Crippen LogP contribution < -0.4 is 0 Å². The fraction of sp³-hybridized carbons (Fsp3) is 0.375. The van der Waals surface area contributed by atoms with Crippen LogP contribution in [0.2, 0.25) is 5.15 Å². The second-order valence-electron chi connectivity index (χ2n) is 5.31. The Hall–Kier alpha value is -1.81. The van der Waals surface area contributed by atoms with Crippen molar-refractivity contribution in [3.63, 3.8) is 0 Å². The molecule has 2 aromatic rings. The number of likely N-dealkylation sites (tertiary alicyclic amines) is 1. The Labute approximate surface area is 129 Å². The van der Waals surface area contributed by atoms with E-state index < -0.39 is 0 Å². The first-order valence-electron chi connectivity index (χ1n) is 7.29. The number of nitrogens with zero attached hydrogens (tertiary/aromatic N) is 2. The molecular formula is C16H18ClN3O. The maximum absolute atomic E-state index is 12.8. The number of amides is 1. The van der Waals surface area contributed by atoms with Crippen molar-refractivity contribution in [1.29, 1.82) is 0 Å². The molecule has 1 aliphatic heterocycles. The van der Waals surface area contributed by atoms with Gasteiger partial charge in [-0.2, -0.15) is 0 Å². The molecule has 4 nitrogen and oxygen atoms in total. The van der Waals surface area contributed by atoms with Crippen LogP contribution in [0.4, 0.5) is 0 Å². The molecule has 1 atom stereocenters. The number of hydrogen-bond acceptors (Lipinski definition) is 2. The topological polar surface area (TPSA) is 49.0 Å². The molecule has 1 aliphatic rings. The van der Waals surface area contributed by atoms with Crippen LogP contribution in [0.25, 0.3) is 0 Å². The van der Waals surface area contributed by atoms with E-state index in [1.54, 1.807) is 6.07 Å². The zero-order valence-corrected chi connectivity index (χ0v) is 12.7. The third kappa shape index (κ3) is 2.81. The smallest absolute Gasteiger partial charge is 0.254 e. The minimum Gasteiger partial charge on any atom is -0.363 e. The molecule has 1 N–H and O–H groups in total. The number of carbonyl (C=O) groups excluding carboxylic acids is 1. The molecule has 1 unspecified atom stereocenters. The molecule has 1 saturated heterocycles. The SMILES string of the molecule is CCc1cc(C(=O)N2CCCC2c2ccc[nH]2)cc(Cl)n1. The van der Waals surface area contributed by atoms with Gasteiger partial charge in [0.05, 0.1) is 6.04 Å². The van der Waals surface area contributed by atoms with Gasteiger partial charge in [0.15, 0.2) is 0 Å². The van der Waals surface area contributed by atoms with Crippen LogP contribution in [0.3, 0.4) is 0 Å². The molecule has 0 aromatic carbocycles. The molecule has 5 heteroatoms. The van der Waals surface area contributed by atoms with E-state index in [2.05, 4.69) is 9.97 Å². The molecule has 21 heavy (non-hydrogen) atoms. The van der Waals surface area contributed by atoms with Crippen LogP contribution >= 0.6 is 11.6 Å². The van der Waals surface area contributed by atoms with Crippen molar-refractivity contribution in [3.8, 4) is 0 Å². The van der Waals surface area contributed by atoms with Gasteiger partial charge in [0.2, 0.25) is 0 Å². The number of carbonyl (C=O) groups is 1. The molecule has 0 aliphatic carbocycles. The number of aromatic amines is 1. The average Bonchev–Trinajstić information content (AvgIpc) is 3.16. The Kier molecular flexibility index (Phi) is 3.97. The van der Waals surface area contributed by atoms with E-state index in [4.69, 9.17) is 11.6 Å². The van der Waals surface area contributed by atoms with Gasteiger partial charge in [-0.15, -0.1) is 0 Å². The maximum atomic E-state index is 12.8. The van der Waals surface area contributed by atoms with Crippen molar-refractivity contribution in [1.82, 2.24) is 14.9 Å². The number of hydrogen-bond donors (Lipinski definition) is 1. The summed E-state index contributed by atoms with van der Waals surface area (Å²) in [4.78, 5) is 22.2. The maximum Gasteiger partial charge on any atom is 0.254 e. The zero-order chi connectivity index (χ0) is 14.8. The lowest BCUT2D eigenvalue weighted by Crippen LogP contribution is -2.30.